The van der Waals surface area contributed by atoms with Gasteiger partial charge in [0.15, 0.2) is 11.2 Å². The second-order valence-corrected chi connectivity index (χ2v) is 10.5. The highest BCUT2D eigenvalue weighted by molar-refractivity contribution is 7.80. The van der Waals surface area contributed by atoms with Crippen LogP contribution < -0.4 is 32.6 Å². The van der Waals surface area contributed by atoms with Crippen molar-refractivity contribution in [2.75, 3.05) is 35.6 Å². The molecular weight excluding hydrogens is 674 g/mol. The largest absolute Gasteiger partial charge is 0.481 e. The van der Waals surface area contributed by atoms with Crippen LogP contribution in [-0.2, 0) is 25.7 Å². The van der Waals surface area contributed by atoms with E-state index in [2.05, 4.69) is 66.5 Å². The summed E-state index contributed by atoms with van der Waals surface area (Å²) in [5.74, 6) is -4.73. The van der Waals surface area contributed by atoms with E-state index in [1.54, 1.807) is 12.1 Å². The summed E-state index contributed by atoms with van der Waals surface area (Å²) in [7, 11) is 0. The second kappa shape index (κ2) is 19.6. The van der Waals surface area contributed by atoms with Gasteiger partial charge >= 0.3 is 23.9 Å². The Morgan fingerprint density at radius 2 is 1.42 bits per heavy atom. The number of nitrogen functional groups attached to an aromatic ring is 1. The lowest BCUT2D eigenvalue weighted by molar-refractivity contribution is -0.141. The van der Waals surface area contributed by atoms with Gasteiger partial charge in [-0.3, -0.25) is 29.0 Å². The molecule has 48 heavy (non-hydrogen) atoms. The Morgan fingerprint density at radius 1 is 0.854 bits per heavy atom. The van der Waals surface area contributed by atoms with Crippen molar-refractivity contribution in [3.63, 3.8) is 0 Å². The maximum Gasteiger partial charge on any atom is 0.326 e. The molecule has 0 unspecified atom stereocenters. The van der Waals surface area contributed by atoms with Crippen LogP contribution in [0.15, 0.2) is 35.3 Å². The van der Waals surface area contributed by atoms with E-state index in [0.717, 1.165) is 0 Å². The molecule has 0 aliphatic carbocycles. The fourth-order valence-corrected chi connectivity index (χ4v) is 4.28. The lowest BCUT2D eigenvalue weighted by atomic mass is 10.1. The van der Waals surface area contributed by atoms with Gasteiger partial charge in [-0.2, -0.15) is 30.2 Å². The van der Waals surface area contributed by atoms with Gasteiger partial charge in [0, 0.05) is 42.3 Å². The number of nitrogens with one attached hydrogen (secondary N) is 5. The van der Waals surface area contributed by atoms with Crippen LogP contribution >= 0.6 is 25.3 Å². The van der Waals surface area contributed by atoms with Crippen LogP contribution in [0.5, 0.6) is 0 Å². The van der Waals surface area contributed by atoms with Crippen LogP contribution in [0.25, 0.3) is 11.2 Å². The van der Waals surface area contributed by atoms with Crippen LogP contribution in [0.3, 0.4) is 0 Å². The van der Waals surface area contributed by atoms with Crippen molar-refractivity contribution >= 4 is 77.8 Å². The summed E-state index contributed by atoms with van der Waals surface area (Å²) in [6, 6.07) is 3.43. The van der Waals surface area contributed by atoms with E-state index < -0.39 is 53.5 Å². The summed E-state index contributed by atoms with van der Waals surface area (Å²) in [5.41, 5.74) is 6.47. The molecule has 1 aromatic carbocycles. The predicted molar refractivity (Wildman–Crippen MR) is 178 cm³/mol. The normalized spacial score (nSPS) is 12.5. The molecule has 0 saturated carbocycles. The minimum Gasteiger partial charge on any atom is -0.481 e. The molecule has 2 aromatic heterocycles. The standard InChI is InChI=1S/C19H19N7O6.C8H16N2O4S2/c20-19-25-15-14(17(30)26-19)23-11(8-22-15)7-21-10-3-1-9(2-4-10)16(29)24-12(18(31)32)5-6-13(27)28;11-7(12)5(3-15)9-1-2-10-6(4-16)8(13)14/h1-4,8,12,21H,5-7H2,(H,24,29)(H,27,28)(H,31,32)(H3,20,22,25,26,30);5-6,9-10,15-16H,1-4H2,(H,11,12)(H,13,14)/t12-;5-,6-/m00/s1. The summed E-state index contributed by atoms with van der Waals surface area (Å²) in [4.78, 5) is 81.7. The number of benzene rings is 1. The molecule has 0 fully saturated rings. The van der Waals surface area contributed by atoms with Crippen molar-refractivity contribution in [2.45, 2.75) is 37.5 Å². The summed E-state index contributed by atoms with van der Waals surface area (Å²) in [6.45, 7) is 0.943. The highest BCUT2D eigenvalue weighted by Gasteiger charge is 2.22. The summed E-state index contributed by atoms with van der Waals surface area (Å²) in [6.07, 6.45) is 0.840. The molecule has 0 bridgehead atoms. The number of H-pyrrole nitrogens is 1. The first kappa shape index (κ1) is 39.2. The second-order valence-electron chi connectivity index (χ2n) is 9.77. The number of thiol groups is 2. The number of hydrogen-bond acceptors (Lipinski definition) is 15. The number of aromatic amines is 1. The Labute approximate surface area is 283 Å². The van der Waals surface area contributed by atoms with Crippen molar-refractivity contribution < 1.29 is 44.4 Å². The Morgan fingerprint density at radius 3 is 1.92 bits per heavy atom. The number of carbonyl (C=O) groups is 5. The van der Waals surface area contributed by atoms with E-state index >= 15 is 0 Å². The minimum atomic E-state index is -1.31. The molecule has 2 heterocycles. The molecule has 0 spiro atoms. The number of nitrogens with two attached hydrogens (primary N) is 1. The topological polar surface area (TPSA) is 312 Å². The van der Waals surface area contributed by atoms with E-state index in [1.165, 1.54) is 18.3 Å². The van der Waals surface area contributed by atoms with Crippen molar-refractivity contribution in [1.29, 1.82) is 0 Å². The molecule has 0 radical (unpaired) electrons. The number of anilines is 2. The molecule has 260 valence electrons. The monoisotopic (exact) mass is 709 g/mol. The number of aliphatic carboxylic acids is 4. The quantitative estimate of drug-likeness (QED) is 0.0550. The molecule has 0 saturated heterocycles. The average Bonchev–Trinajstić information content (AvgIpc) is 3.03. The zero-order valence-corrected chi connectivity index (χ0v) is 26.9. The van der Waals surface area contributed by atoms with Crippen LogP contribution in [0.2, 0.25) is 0 Å². The van der Waals surface area contributed by atoms with Crippen LogP contribution in [-0.4, -0.2) is 113 Å². The summed E-state index contributed by atoms with van der Waals surface area (Å²) < 4.78 is 0. The molecular formula is C27H35N9O10S2. The van der Waals surface area contributed by atoms with Gasteiger partial charge in [0.1, 0.15) is 18.1 Å². The predicted octanol–water partition coefficient (Wildman–Crippen LogP) is -1.11. The van der Waals surface area contributed by atoms with E-state index in [9.17, 15) is 28.8 Å². The van der Waals surface area contributed by atoms with E-state index in [-0.39, 0.29) is 53.6 Å². The molecule has 3 rings (SSSR count). The number of nitrogens with zero attached hydrogens (tertiary/aromatic N) is 3. The van der Waals surface area contributed by atoms with Crippen molar-refractivity contribution in [3.05, 3.63) is 52.1 Å². The van der Waals surface area contributed by atoms with Gasteiger partial charge in [0.25, 0.3) is 11.5 Å². The van der Waals surface area contributed by atoms with Crippen molar-refractivity contribution in [2.24, 2.45) is 0 Å². The number of fused-ring (bicyclic) bond motifs is 1. The first-order chi connectivity index (χ1) is 22.7. The van der Waals surface area contributed by atoms with Crippen LogP contribution in [0, 0.1) is 0 Å². The number of carbonyl (C=O) groups excluding carboxylic acids is 1. The number of carboxylic acids is 4. The third kappa shape index (κ3) is 13.0. The minimum absolute atomic E-state index is 0.0524. The van der Waals surface area contributed by atoms with Gasteiger partial charge in [-0.1, -0.05) is 0 Å². The fourth-order valence-electron chi connectivity index (χ4n) is 3.71. The van der Waals surface area contributed by atoms with Crippen LogP contribution in [0.4, 0.5) is 11.6 Å². The molecule has 11 N–H and O–H groups in total. The maximum absolute atomic E-state index is 12.3. The van der Waals surface area contributed by atoms with Gasteiger partial charge in [-0.05, 0) is 30.7 Å². The Hall–Kier alpha value is -4.99. The zero-order chi connectivity index (χ0) is 35.8. The third-order valence-electron chi connectivity index (χ3n) is 6.22. The average molecular weight is 710 g/mol. The smallest absolute Gasteiger partial charge is 0.326 e. The SMILES string of the molecule is Nc1nc2ncc(CNc3ccc(C(=O)N[C@@H](CCC(=O)O)C(=O)O)cc3)nc2c(=O)[nH]1.O=C(O)[C@H](CS)NCCN[C@@H](CS)C(=O)O. The summed E-state index contributed by atoms with van der Waals surface area (Å²) >= 11 is 7.76. The van der Waals surface area contributed by atoms with E-state index in [4.69, 9.17) is 26.2 Å². The molecule has 0 aliphatic heterocycles. The maximum atomic E-state index is 12.3. The van der Waals surface area contributed by atoms with Crippen molar-refractivity contribution in [3.8, 4) is 0 Å². The van der Waals surface area contributed by atoms with E-state index in [1.807, 2.05) is 0 Å². The molecule has 21 heteroatoms. The van der Waals surface area contributed by atoms with Gasteiger partial charge in [0.2, 0.25) is 5.95 Å². The van der Waals surface area contributed by atoms with Crippen molar-refractivity contribution in [1.82, 2.24) is 35.9 Å². The number of carboxylic acid groups (broad SMARTS) is 4. The Kier molecular flexibility index (Phi) is 16.0. The number of aromatic nitrogens is 4. The van der Waals surface area contributed by atoms with Gasteiger partial charge < -0.3 is 47.4 Å². The summed E-state index contributed by atoms with van der Waals surface area (Å²) in [5, 5.41) is 46.0. The Balaban J connectivity index is 0.000000424. The highest BCUT2D eigenvalue weighted by atomic mass is 32.1. The molecule has 3 atom stereocenters. The van der Waals surface area contributed by atoms with Crippen LogP contribution in [0.1, 0.15) is 28.9 Å². The van der Waals surface area contributed by atoms with Gasteiger partial charge in [-0.25, -0.2) is 14.8 Å². The van der Waals surface area contributed by atoms with Gasteiger partial charge in [0.05, 0.1) is 18.4 Å². The number of amides is 1. The number of hydrogen-bond donors (Lipinski definition) is 12. The fraction of sp³-hybridized carbons (Fsp3) is 0.370. The van der Waals surface area contributed by atoms with E-state index in [0.29, 0.717) is 24.5 Å². The lowest BCUT2D eigenvalue weighted by Gasteiger charge is -2.14. The molecule has 19 nitrogen and oxygen atoms in total. The van der Waals surface area contributed by atoms with Gasteiger partial charge in [-0.15, -0.1) is 0 Å². The molecule has 0 aliphatic rings. The zero-order valence-electron chi connectivity index (χ0n) is 25.1. The lowest BCUT2D eigenvalue weighted by Crippen LogP contribution is -2.45. The first-order valence-corrected chi connectivity index (χ1v) is 15.3. The molecule has 1 amide bonds. The third-order valence-corrected chi connectivity index (χ3v) is 6.96. The number of rotatable bonds is 18. The molecule has 3 aromatic rings. The Bertz CT molecular complexity index is 1620. The highest BCUT2D eigenvalue weighted by Crippen LogP contribution is 2.12. The first-order valence-electron chi connectivity index (χ1n) is 14.0.